The number of hydrogen-bond donors (Lipinski definition) is 0. The molecule has 0 unspecified atom stereocenters. The molecule has 3 aromatic carbocycles. The molecule has 0 bridgehead atoms. The van der Waals surface area contributed by atoms with Crippen LogP contribution in [0.15, 0.2) is 60.7 Å². The predicted octanol–water partition coefficient (Wildman–Crippen LogP) is 4.93. The summed E-state index contributed by atoms with van der Waals surface area (Å²) < 4.78 is 1.90. The normalized spacial score (nSPS) is 16.2. The van der Waals surface area contributed by atoms with Gasteiger partial charge in [-0.1, -0.05) is 76.3 Å². The van der Waals surface area contributed by atoms with Gasteiger partial charge in [-0.15, -0.1) is 5.56 Å². The maximum Gasteiger partial charge on any atom is -0.172 e. The van der Waals surface area contributed by atoms with Crippen molar-refractivity contribution in [1.82, 2.24) is 0 Å². The maximum atomic E-state index is 3.53. The first-order valence-electron chi connectivity index (χ1n) is 15.9. The van der Waals surface area contributed by atoms with Crippen molar-refractivity contribution in [2.24, 2.45) is 11.8 Å². The van der Waals surface area contributed by atoms with Gasteiger partial charge in [0.2, 0.25) is 0 Å². The number of benzene rings is 2. The third-order valence-corrected chi connectivity index (χ3v) is 10.1. The molecule has 0 aliphatic heterocycles. The summed E-state index contributed by atoms with van der Waals surface area (Å²) in [6.07, 6.45) is 16.2. The summed E-state index contributed by atoms with van der Waals surface area (Å²) in [6, 6.07) is 25.1. The molecule has 42 heavy (non-hydrogen) atoms. The molecular formula is C39H52Cl2Zr-2. The van der Waals surface area contributed by atoms with Crippen molar-refractivity contribution in [2.75, 3.05) is 0 Å². The Kier molecular flexibility index (Phi) is 15.1. The van der Waals surface area contributed by atoms with Crippen LogP contribution in [0, 0.1) is 17.9 Å². The SMILES string of the molecule is CC(C)(C)c1c[c-]c2c(c1)-c1cc(C(C)(C)C)ccc1C2.[Cl-].[Cl-].[Zr+2]=[C](CC1CCCC1)CC1CCCC1.c1cc[cH-]c1. The molecule has 2 fully saturated rings. The van der Waals surface area contributed by atoms with Gasteiger partial charge in [0.1, 0.15) is 0 Å². The standard InChI is InChI=1S/C21H25.C13H22.C5H5.2ClH.Zr/c1-20(2,3)16-9-7-14-11-15-8-10-17(21(4,5)6)13-19(15)18(14)12-16;1-2-7-12(6-1)10-5-11-13-8-3-4-9-13;1-2-4-5-3-1;;;/h7,9-10,12-13H,11H2,1-6H3;12-13H,1-4,6-11H2;1-5H;2*1H;/q-1;;-1;;;+2/p-2. The smallest absolute Gasteiger partial charge is 0.172 e. The molecule has 6 rings (SSSR count). The van der Waals surface area contributed by atoms with Crippen molar-refractivity contribution >= 4 is 3.21 Å². The maximum absolute atomic E-state index is 3.53. The van der Waals surface area contributed by atoms with E-state index < -0.39 is 0 Å². The first-order valence-corrected chi connectivity index (χ1v) is 17.2. The first-order chi connectivity index (χ1) is 19.0. The molecule has 0 heterocycles. The van der Waals surface area contributed by atoms with Crippen LogP contribution in [0.2, 0.25) is 0 Å². The van der Waals surface area contributed by atoms with Crippen LogP contribution in [0.1, 0.15) is 128 Å². The Morgan fingerprint density at radius 3 is 1.71 bits per heavy atom. The number of hydrogen-bond acceptors (Lipinski definition) is 0. The summed E-state index contributed by atoms with van der Waals surface area (Å²) in [5, 5.41) is 0. The Morgan fingerprint density at radius 1 is 0.762 bits per heavy atom. The average molecular weight is 683 g/mol. The molecule has 0 amide bonds. The van der Waals surface area contributed by atoms with E-state index in [4.69, 9.17) is 0 Å². The third-order valence-electron chi connectivity index (χ3n) is 9.10. The third kappa shape index (κ3) is 10.9. The number of fused-ring (bicyclic) bond motifs is 3. The summed E-state index contributed by atoms with van der Waals surface area (Å²) in [5.41, 5.74) is 8.76. The second kappa shape index (κ2) is 17.0. The molecule has 3 aliphatic carbocycles. The zero-order valence-corrected chi connectivity index (χ0v) is 30.9. The molecule has 0 spiro atoms. The van der Waals surface area contributed by atoms with E-state index in [1.54, 1.807) is 24.2 Å². The van der Waals surface area contributed by atoms with Crippen LogP contribution in [0.4, 0.5) is 0 Å². The fourth-order valence-electron chi connectivity index (χ4n) is 6.51. The second-order valence-electron chi connectivity index (χ2n) is 14.6. The van der Waals surface area contributed by atoms with Crippen LogP contribution in [0.5, 0.6) is 0 Å². The van der Waals surface area contributed by atoms with Crippen LogP contribution in [0.3, 0.4) is 0 Å². The summed E-state index contributed by atoms with van der Waals surface area (Å²) in [7, 11) is 0. The van der Waals surface area contributed by atoms with Gasteiger partial charge in [-0.25, -0.2) is 12.1 Å². The summed E-state index contributed by atoms with van der Waals surface area (Å²) in [4.78, 5) is 0. The molecule has 228 valence electrons. The van der Waals surface area contributed by atoms with E-state index in [0.29, 0.717) is 0 Å². The molecule has 0 aromatic heterocycles. The molecule has 3 aromatic rings. The van der Waals surface area contributed by atoms with Gasteiger partial charge in [0.25, 0.3) is 0 Å². The van der Waals surface area contributed by atoms with E-state index in [2.05, 4.69) is 77.9 Å². The topological polar surface area (TPSA) is 0 Å². The van der Waals surface area contributed by atoms with Crippen molar-refractivity contribution in [3.05, 3.63) is 89.0 Å². The molecule has 3 aliphatic rings. The molecular weight excluding hydrogens is 631 g/mol. The second-order valence-corrected chi connectivity index (χ2v) is 16.3. The van der Waals surface area contributed by atoms with Gasteiger partial charge in [0.05, 0.1) is 0 Å². The molecule has 0 N–H and O–H groups in total. The quantitative estimate of drug-likeness (QED) is 0.268. The Hall–Kier alpha value is -0.877. The van der Waals surface area contributed by atoms with Crippen molar-refractivity contribution in [1.29, 1.82) is 0 Å². The van der Waals surface area contributed by atoms with E-state index in [1.807, 2.05) is 33.5 Å². The Balaban J connectivity index is 0.000000253. The molecule has 0 nitrogen and oxygen atoms in total. The molecule has 3 heteroatoms. The summed E-state index contributed by atoms with van der Waals surface area (Å²) in [6.45, 7) is 13.6. The van der Waals surface area contributed by atoms with Gasteiger partial charge in [-0.3, -0.25) is 0 Å². The van der Waals surface area contributed by atoms with Crippen LogP contribution in [-0.2, 0) is 41.5 Å². The summed E-state index contributed by atoms with van der Waals surface area (Å²) in [5.74, 6) is 2.18. The van der Waals surface area contributed by atoms with Crippen LogP contribution < -0.4 is 24.8 Å². The van der Waals surface area contributed by atoms with Crippen molar-refractivity contribution in [3.8, 4) is 11.1 Å². The van der Waals surface area contributed by atoms with Gasteiger partial charge >= 0.3 is 103 Å². The van der Waals surface area contributed by atoms with E-state index in [9.17, 15) is 0 Å². The monoisotopic (exact) mass is 680 g/mol. The van der Waals surface area contributed by atoms with Gasteiger partial charge in [0.15, 0.2) is 0 Å². The molecule has 0 saturated heterocycles. The van der Waals surface area contributed by atoms with Gasteiger partial charge in [0, 0.05) is 0 Å². The Bertz CT molecular complexity index is 1120. The molecule has 0 radical (unpaired) electrons. The fourth-order valence-corrected chi connectivity index (χ4v) is 7.93. The predicted molar refractivity (Wildman–Crippen MR) is 171 cm³/mol. The first kappa shape index (κ1) is 37.3. The van der Waals surface area contributed by atoms with E-state index in [-0.39, 0.29) is 35.6 Å². The minimum absolute atomic E-state index is 0. The largest absolute Gasteiger partial charge is 0.214 e. The zero-order valence-electron chi connectivity index (χ0n) is 27.0. The van der Waals surface area contributed by atoms with Crippen molar-refractivity contribution in [3.63, 3.8) is 0 Å². The van der Waals surface area contributed by atoms with Crippen LogP contribution in [-0.4, -0.2) is 3.21 Å². The zero-order chi connectivity index (χ0) is 28.8. The van der Waals surface area contributed by atoms with Gasteiger partial charge in [-0.05, 0) is 17.4 Å². The molecule has 0 atom stereocenters. The van der Waals surface area contributed by atoms with Gasteiger partial charge < -0.3 is 24.8 Å². The number of rotatable bonds is 4. The van der Waals surface area contributed by atoms with E-state index >= 15 is 0 Å². The molecule has 2 saturated carbocycles. The Morgan fingerprint density at radius 2 is 1.26 bits per heavy atom. The van der Waals surface area contributed by atoms with Gasteiger partial charge in [-0.2, -0.15) is 47.5 Å². The fraction of sp³-hybridized carbons (Fsp3) is 0.538. The van der Waals surface area contributed by atoms with E-state index in [0.717, 1.165) is 18.3 Å². The van der Waals surface area contributed by atoms with Crippen LogP contribution in [0.25, 0.3) is 11.1 Å². The van der Waals surface area contributed by atoms with Crippen molar-refractivity contribution < 1.29 is 49.0 Å². The minimum Gasteiger partial charge on any atom is -0.214 e. The van der Waals surface area contributed by atoms with Crippen LogP contribution >= 0.6 is 0 Å². The summed E-state index contributed by atoms with van der Waals surface area (Å²) >= 11 is 1.74. The van der Waals surface area contributed by atoms with E-state index in [1.165, 1.54) is 97.6 Å². The Labute approximate surface area is 285 Å². The average Bonchev–Trinajstić information content (AvgIpc) is 3.71. The number of halogens is 2. The minimum atomic E-state index is 0. The van der Waals surface area contributed by atoms with Crippen molar-refractivity contribution in [2.45, 2.75) is 123 Å².